The van der Waals surface area contributed by atoms with E-state index in [0.29, 0.717) is 12.1 Å². The molecule has 1 aromatic carbocycles. The van der Waals surface area contributed by atoms with Crippen molar-refractivity contribution in [2.45, 2.75) is 32.9 Å². The van der Waals surface area contributed by atoms with E-state index in [0.717, 1.165) is 32.0 Å². The van der Waals surface area contributed by atoms with Gasteiger partial charge in [-0.25, -0.2) is 0 Å². The Morgan fingerprint density at radius 2 is 1.94 bits per heavy atom. The average Bonchev–Trinajstić information content (AvgIpc) is 2.42. The summed E-state index contributed by atoms with van der Waals surface area (Å²) < 4.78 is 5.92. The molecule has 0 spiro atoms. The summed E-state index contributed by atoms with van der Waals surface area (Å²) >= 11 is 0. The van der Waals surface area contributed by atoms with E-state index in [9.17, 15) is 0 Å². The second-order valence-electron chi connectivity index (χ2n) is 4.67. The number of hydrogen-bond acceptors (Lipinski definition) is 3. The van der Waals surface area contributed by atoms with Gasteiger partial charge in [-0.2, -0.15) is 0 Å². The van der Waals surface area contributed by atoms with E-state index < -0.39 is 0 Å². The summed E-state index contributed by atoms with van der Waals surface area (Å²) in [6, 6.07) is 9.18. The molecular weight excluding hydrogens is 224 g/mol. The van der Waals surface area contributed by atoms with Gasteiger partial charge in [-0.1, -0.05) is 39.0 Å². The van der Waals surface area contributed by atoms with E-state index >= 15 is 0 Å². The van der Waals surface area contributed by atoms with Crippen LogP contribution in [0.3, 0.4) is 0 Å². The first-order chi connectivity index (χ1) is 8.81. The SMILES string of the molecule is CCNC1c2ccccc2OCC1N(CC)CC. The van der Waals surface area contributed by atoms with Gasteiger partial charge in [-0.3, -0.25) is 4.90 Å². The number of hydrogen-bond donors (Lipinski definition) is 1. The van der Waals surface area contributed by atoms with Gasteiger partial charge in [-0.15, -0.1) is 0 Å². The normalized spacial score (nSPS) is 22.7. The van der Waals surface area contributed by atoms with Crippen LogP contribution < -0.4 is 10.1 Å². The van der Waals surface area contributed by atoms with Gasteiger partial charge < -0.3 is 10.1 Å². The Morgan fingerprint density at radius 3 is 2.61 bits per heavy atom. The molecule has 1 aliphatic heterocycles. The largest absolute Gasteiger partial charge is 0.492 e. The molecule has 100 valence electrons. The highest BCUT2D eigenvalue weighted by Gasteiger charge is 2.32. The van der Waals surface area contributed by atoms with Crippen LogP contribution in [-0.4, -0.2) is 37.2 Å². The zero-order valence-electron chi connectivity index (χ0n) is 11.6. The lowest BCUT2D eigenvalue weighted by atomic mass is 9.95. The van der Waals surface area contributed by atoms with E-state index in [-0.39, 0.29) is 0 Å². The first-order valence-electron chi connectivity index (χ1n) is 7.00. The highest BCUT2D eigenvalue weighted by Crippen LogP contribution is 2.33. The number of likely N-dealkylation sites (N-methyl/N-ethyl adjacent to an activating group) is 2. The fourth-order valence-corrected chi connectivity index (χ4v) is 2.82. The molecule has 0 bridgehead atoms. The van der Waals surface area contributed by atoms with Gasteiger partial charge in [0, 0.05) is 5.56 Å². The molecule has 1 aliphatic rings. The summed E-state index contributed by atoms with van der Waals surface area (Å²) in [6.45, 7) is 10.5. The van der Waals surface area contributed by atoms with Crippen LogP contribution in [0.1, 0.15) is 32.4 Å². The van der Waals surface area contributed by atoms with E-state index in [4.69, 9.17) is 4.74 Å². The second kappa shape index (κ2) is 6.21. The molecule has 3 nitrogen and oxygen atoms in total. The topological polar surface area (TPSA) is 24.5 Å². The third kappa shape index (κ3) is 2.52. The molecule has 3 heteroatoms. The van der Waals surface area contributed by atoms with Gasteiger partial charge in [0.2, 0.25) is 0 Å². The summed E-state index contributed by atoms with van der Waals surface area (Å²) in [5.74, 6) is 1.03. The number of ether oxygens (including phenoxy) is 1. The maximum Gasteiger partial charge on any atom is 0.124 e. The van der Waals surface area contributed by atoms with Gasteiger partial charge >= 0.3 is 0 Å². The van der Waals surface area contributed by atoms with E-state index in [2.05, 4.69) is 49.2 Å². The van der Waals surface area contributed by atoms with Crippen LogP contribution in [0.5, 0.6) is 5.75 Å². The number of benzene rings is 1. The maximum absolute atomic E-state index is 5.92. The first-order valence-corrected chi connectivity index (χ1v) is 7.00. The van der Waals surface area contributed by atoms with Gasteiger partial charge in [0.15, 0.2) is 0 Å². The zero-order valence-corrected chi connectivity index (χ0v) is 11.6. The number of rotatable bonds is 5. The molecule has 0 saturated heterocycles. The Labute approximate surface area is 110 Å². The minimum absolute atomic E-state index is 0.375. The van der Waals surface area contributed by atoms with Crippen LogP contribution in [0, 0.1) is 0 Å². The minimum atomic E-state index is 0.375. The number of nitrogens with zero attached hydrogens (tertiary/aromatic N) is 1. The van der Waals surface area contributed by atoms with Gasteiger partial charge in [0.25, 0.3) is 0 Å². The molecule has 1 N–H and O–H groups in total. The van der Waals surface area contributed by atoms with Gasteiger partial charge in [-0.05, 0) is 25.7 Å². The van der Waals surface area contributed by atoms with Crippen LogP contribution >= 0.6 is 0 Å². The Bertz CT molecular complexity index is 377. The first kappa shape index (κ1) is 13.4. The van der Waals surface area contributed by atoms with Crippen molar-refractivity contribution >= 4 is 0 Å². The second-order valence-corrected chi connectivity index (χ2v) is 4.67. The highest BCUT2D eigenvalue weighted by molar-refractivity contribution is 5.38. The lowest BCUT2D eigenvalue weighted by molar-refractivity contribution is 0.0945. The Kier molecular flexibility index (Phi) is 4.61. The fourth-order valence-electron chi connectivity index (χ4n) is 2.82. The summed E-state index contributed by atoms with van der Waals surface area (Å²) in [5, 5.41) is 3.62. The molecule has 0 radical (unpaired) electrons. The molecule has 0 saturated carbocycles. The van der Waals surface area contributed by atoms with Crippen molar-refractivity contribution in [1.82, 2.24) is 10.2 Å². The monoisotopic (exact) mass is 248 g/mol. The summed E-state index contributed by atoms with van der Waals surface area (Å²) in [5.41, 5.74) is 1.29. The molecular formula is C15H24N2O. The van der Waals surface area contributed by atoms with Crippen LogP contribution in [0.2, 0.25) is 0 Å². The quantitative estimate of drug-likeness (QED) is 0.866. The standard InChI is InChI=1S/C15H24N2O/c1-4-16-15-12-9-7-8-10-14(12)18-11-13(15)17(5-2)6-3/h7-10,13,15-16H,4-6,11H2,1-3H3. The summed E-state index contributed by atoms with van der Waals surface area (Å²) in [4.78, 5) is 2.48. The van der Waals surface area contributed by atoms with Crippen molar-refractivity contribution in [2.24, 2.45) is 0 Å². The van der Waals surface area contributed by atoms with Crippen molar-refractivity contribution in [3.63, 3.8) is 0 Å². The van der Waals surface area contributed by atoms with Crippen molar-refractivity contribution in [3.8, 4) is 5.75 Å². The molecule has 18 heavy (non-hydrogen) atoms. The predicted molar refractivity (Wildman–Crippen MR) is 75.1 cm³/mol. The number of fused-ring (bicyclic) bond motifs is 1. The van der Waals surface area contributed by atoms with Crippen LogP contribution in [0.25, 0.3) is 0 Å². The molecule has 0 aliphatic carbocycles. The molecule has 0 amide bonds. The minimum Gasteiger partial charge on any atom is -0.492 e. The lowest BCUT2D eigenvalue weighted by Crippen LogP contribution is -2.50. The average molecular weight is 248 g/mol. The highest BCUT2D eigenvalue weighted by atomic mass is 16.5. The zero-order chi connectivity index (χ0) is 13.0. The predicted octanol–water partition coefficient (Wildman–Crippen LogP) is 2.44. The van der Waals surface area contributed by atoms with Gasteiger partial charge in [0.1, 0.15) is 12.4 Å². The lowest BCUT2D eigenvalue weighted by Gasteiger charge is -2.40. The molecule has 2 rings (SSSR count). The van der Waals surface area contributed by atoms with Crippen molar-refractivity contribution < 1.29 is 4.74 Å². The smallest absolute Gasteiger partial charge is 0.124 e. The summed E-state index contributed by atoms with van der Waals surface area (Å²) in [6.07, 6.45) is 0. The maximum atomic E-state index is 5.92. The Morgan fingerprint density at radius 1 is 1.22 bits per heavy atom. The van der Waals surface area contributed by atoms with Crippen LogP contribution in [-0.2, 0) is 0 Å². The Hall–Kier alpha value is -1.06. The molecule has 2 atom stereocenters. The van der Waals surface area contributed by atoms with E-state index in [1.165, 1.54) is 5.56 Å². The van der Waals surface area contributed by atoms with Crippen LogP contribution in [0.4, 0.5) is 0 Å². The van der Waals surface area contributed by atoms with Crippen molar-refractivity contribution in [3.05, 3.63) is 29.8 Å². The molecule has 1 aromatic rings. The van der Waals surface area contributed by atoms with E-state index in [1.54, 1.807) is 0 Å². The van der Waals surface area contributed by atoms with Crippen molar-refractivity contribution in [1.29, 1.82) is 0 Å². The van der Waals surface area contributed by atoms with Crippen LogP contribution in [0.15, 0.2) is 24.3 Å². The molecule has 0 fully saturated rings. The third-order valence-corrected chi connectivity index (χ3v) is 3.75. The number of para-hydroxylation sites is 1. The van der Waals surface area contributed by atoms with E-state index in [1.807, 2.05) is 6.07 Å². The summed E-state index contributed by atoms with van der Waals surface area (Å²) in [7, 11) is 0. The molecule has 2 unspecified atom stereocenters. The van der Waals surface area contributed by atoms with Gasteiger partial charge in [0.05, 0.1) is 12.1 Å². The third-order valence-electron chi connectivity index (χ3n) is 3.75. The van der Waals surface area contributed by atoms with Crippen molar-refractivity contribution in [2.75, 3.05) is 26.2 Å². The number of nitrogens with one attached hydrogen (secondary N) is 1. The molecule has 0 aromatic heterocycles. The Balaban J connectivity index is 2.28. The molecule has 1 heterocycles. The fraction of sp³-hybridized carbons (Fsp3) is 0.600.